The fourth-order valence-corrected chi connectivity index (χ4v) is 2.66. The molecule has 1 aliphatic carbocycles. The fourth-order valence-electron chi connectivity index (χ4n) is 2.66. The van der Waals surface area contributed by atoms with Gasteiger partial charge in [-0.3, -0.25) is 0 Å². The van der Waals surface area contributed by atoms with Gasteiger partial charge in [-0.05, 0) is 31.6 Å². The lowest BCUT2D eigenvalue weighted by Crippen LogP contribution is -2.22. The molecule has 0 aromatic carbocycles. The Morgan fingerprint density at radius 2 is 1.93 bits per heavy atom. The van der Waals surface area contributed by atoms with Crippen molar-refractivity contribution >= 4 is 0 Å². The minimum Gasteiger partial charge on any atom is -0.328 e. The van der Waals surface area contributed by atoms with Crippen molar-refractivity contribution in [3.05, 3.63) is 12.7 Å². The summed E-state index contributed by atoms with van der Waals surface area (Å²) in [5, 5.41) is 0. The van der Waals surface area contributed by atoms with Crippen molar-refractivity contribution in [2.45, 2.75) is 70.3 Å². The summed E-state index contributed by atoms with van der Waals surface area (Å²) >= 11 is 0. The maximum Gasteiger partial charge on any atom is 0.00414 e. The Bertz CT molecular complexity index is 159. The Morgan fingerprint density at radius 1 is 1.20 bits per heavy atom. The molecule has 88 valence electrons. The molecule has 0 aromatic rings. The predicted molar refractivity (Wildman–Crippen MR) is 67.8 cm³/mol. The lowest BCUT2D eigenvalue weighted by atomic mass is 9.95. The van der Waals surface area contributed by atoms with Crippen molar-refractivity contribution in [2.75, 3.05) is 0 Å². The largest absolute Gasteiger partial charge is 0.328 e. The number of hydrogen-bond acceptors (Lipinski definition) is 1. The topological polar surface area (TPSA) is 26.0 Å². The molecule has 0 amide bonds. The quantitative estimate of drug-likeness (QED) is 0.474. The summed E-state index contributed by atoms with van der Waals surface area (Å²) in [6.07, 6.45) is 15.4. The Balaban J connectivity index is 1.93. The first-order valence-electron chi connectivity index (χ1n) is 6.69. The molecule has 15 heavy (non-hydrogen) atoms. The molecule has 0 heterocycles. The SMILES string of the molecule is C=CCCCCCC(N)CC1CCCC1. The average molecular weight is 209 g/mol. The van der Waals surface area contributed by atoms with Gasteiger partial charge in [0.2, 0.25) is 0 Å². The van der Waals surface area contributed by atoms with Crippen LogP contribution in [0.25, 0.3) is 0 Å². The Labute approximate surface area is 95.1 Å². The number of hydrogen-bond donors (Lipinski definition) is 1. The van der Waals surface area contributed by atoms with E-state index in [1.54, 1.807) is 0 Å². The Morgan fingerprint density at radius 3 is 2.60 bits per heavy atom. The van der Waals surface area contributed by atoms with Gasteiger partial charge in [-0.15, -0.1) is 6.58 Å². The van der Waals surface area contributed by atoms with Crippen molar-refractivity contribution in [3.8, 4) is 0 Å². The van der Waals surface area contributed by atoms with E-state index in [1.165, 1.54) is 57.8 Å². The minimum absolute atomic E-state index is 0.469. The van der Waals surface area contributed by atoms with Gasteiger partial charge < -0.3 is 5.73 Å². The minimum atomic E-state index is 0.469. The van der Waals surface area contributed by atoms with E-state index in [1.807, 2.05) is 6.08 Å². The van der Waals surface area contributed by atoms with E-state index in [0.717, 1.165) is 12.3 Å². The third-order valence-electron chi connectivity index (χ3n) is 3.59. The van der Waals surface area contributed by atoms with Gasteiger partial charge in [0.1, 0.15) is 0 Å². The van der Waals surface area contributed by atoms with Crippen LogP contribution >= 0.6 is 0 Å². The van der Waals surface area contributed by atoms with Crippen molar-refractivity contribution in [1.82, 2.24) is 0 Å². The highest BCUT2D eigenvalue weighted by molar-refractivity contribution is 4.73. The maximum absolute atomic E-state index is 6.15. The molecule has 1 nitrogen and oxygen atoms in total. The number of unbranched alkanes of at least 4 members (excludes halogenated alkanes) is 3. The van der Waals surface area contributed by atoms with Crippen molar-refractivity contribution in [3.63, 3.8) is 0 Å². The van der Waals surface area contributed by atoms with Gasteiger partial charge in [0, 0.05) is 6.04 Å². The van der Waals surface area contributed by atoms with Crippen LogP contribution in [-0.4, -0.2) is 6.04 Å². The second-order valence-corrected chi connectivity index (χ2v) is 5.07. The molecular formula is C14H27N. The molecule has 1 atom stereocenters. The summed E-state index contributed by atoms with van der Waals surface area (Å²) in [5.41, 5.74) is 6.15. The molecular weight excluding hydrogens is 182 g/mol. The molecule has 2 N–H and O–H groups in total. The summed E-state index contributed by atoms with van der Waals surface area (Å²) in [4.78, 5) is 0. The van der Waals surface area contributed by atoms with E-state index in [2.05, 4.69) is 6.58 Å². The van der Waals surface area contributed by atoms with E-state index >= 15 is 0 Å². The normalized spacial score (nSPS) is 19.3. The second kappa shape index (κ2) is 7.92. The molecule has 0 bridgehead atoms. The highest BCUT2D eigenvalue weighted by Gasteiger charge is 2.17. The lowest BCUT2D eigenvalue weighted by Gasteiger charge is -2.15. The first-order valence-corrected chi connectivity index (χ1v) is 6.69. The van der Waals surface area contributed by atoms with Crippen LogP contribution in [0.5, 0.6) is 0 Å². The number of allylic oxidation sites excluding steroid dienone is 1. The van der Waals surface area contributed by atoms with Crippen LogP contribution in [0.15, 0.2) is 12.7 Å². The van der Waals surface area contributed by atoms with E-state index in [4.69, 9.17) is 5.73 Å². The van der Waals surface area contributed by atoms with Crippen LogP contribution in [0.1, 0.15) is 64.2 Å². The van der Waals surface area contributed by atoms with Gasteiger partial charge in [0.05, 0.1) is 0 Å². The molecule has 1 aliphatic rings. The highest BCUT2D eigenvalue weighted by Crippen LogP contribution is 2.28. The van der Waals surface area contributed by atoms with Crippen molar-refractivity contribution in [2.24, 2.45) is 11.7 Å². The van der Waals surface area contributed by atoms with Gasteiger partial charge >= 0.3 is 0 Å². The maximum atomic E-state index is 6.15. The molecule has 0 aliphatic heterocycles. The van der Waals surface area contributed by atoms with Crippen LogP contribution in [0.3, 0.4) is 0 Å². The van der Waals surface area contributed by atoms with E-state index in [0.29, 0.717) is 6.04 Å². The first kappa shape index (κ1) is 12.8. The number of nitrogens with two attached hydrogens (primary N) is 1. The molecule has 1 rings (SSSR count). The zero-order chi connectivity index (χ0) is 10.9. The second-order valence-electron chi connectivity index (χ2n) is 5.07. The zero-order valence-corrected chi connectivity index (χ0v) is 10.1. The summed E-state index contributed by atoms with van der Waals surface area (Å²) in [5.74, 6) is 0.952. The first-order chi connectivity index (χ1) is 7.33. The molecule has 1 unspecified atom stereocenters. The van der Waals surface area contributed by atoms with Crippen LogP contribution in [0, 0.1) is 5.92 Å². The van der Waals surface area contributed by atoms with E-state index in [9.17, 15) is 0 Å². The molecule has 1 fully saturated rings. The van der Waals surface area contributed by atoms with E-state index < -0.39 is 0 Å². The van der Waals surface area contributed by atoms with Crippen LogP contribution in [0.2, 0.25) is 0 Å². The molecule has 0 saturated heterocycles. The summed E-state index contributed by atoms with van der Waals surface area (Å²) in [6.45, 7) is 3.74. The van der Waals surface area contributed by atoms with Gasteiger partial charge in [-0.1, -0.05) is 44.6 Å². The predicted octanol–water partition coefficient (Wildman–Crippen LogP) is 4.03. The highest BCUT2D eigenvalue weighted by atomic mass is 14.6. The smallest absolute Gasteiger partial charge is 0.00414 e. The van der Waals surface area contributed by atoms with Crippen LogP contribution in [0.4, 0.5) is 0 Å². The average Bonchev–Trinajstić information content (AvgIpc) is 2.70. The summed E-state index contributed by atoms with van der Waals surface area (Å²) < 4.78 is 0. The standard InChI is InChI=1S/C14H27N/c1-2-3-4-5-6-11-14(15)12-13-9-7-8-10-13/h2,13-14H,1,3-12,15H2. The Kier molecular flexibility index (Phi) is 6.74. The fraction of sp³-hybridized carbons (Fsp3) is 0.857. The third-order valence-corrected chi connectivity index (χ3v) is 3.59. The van der Waals surface area contributed by atoms with Gasteiger partial charge in [0.25, 0.3) is 0 Å². The van der Waals surface area contributed by atoms with Gasteiger partial charge in [-0.2, -0.15) is 0 Å². The molecule has 1 heteroatoms. The zero-order valence-electron chi connectivity index (χ0n) is 10.1. The van der Waals surface area contributed by atoms with E-state index in [-0.39, 0.29) is 0 Å². The number of rotatable bonds is 8. The Hall–Kier alpha value is -0.300. The van der Waals surface area contributed by atoms with Gasteiger partial charge in [0.15, 0.2) is 0 Å². The van der Waals surface area contributed by atoms with Crippen molar-refractivity contribution in [1.29, 1.82) is 0 Å². The molecule has 0 spiro atoms. The summed E-state index contributed by atoms with van der Waals surface area (Å²) in [6, 6.07) is 0.469. The molecule has 1 saturated carbocycles. The monoisotopic (exact) mass is 209 g/mol. The van der Waals surface area contributed by atoms with Crippen LogP contribution in [-0.2, 0) is 0 Å². The van der Waals surface area contributed by atoms with Gasteiger partial charge in [-0.25, -0.2) is 0 Å². The van der Waals surface area contributed by atoms with Crippen LogP contribution < -0.4 is 5.73 Å². The molecule has 0 aromatic heterocycles. The lowest BCUT2D eigenvalue weighted by molar-refractivity contribution is 0.416. The third kappa shape index (κ3) is 5.99. The molecule has 0 radical (unpaired) electrons. The summed E-state index contributed by atoms with van der Waals surface area (Å²) in [7, 11) is 0. The van der Waals surface area contributed by atoms with Crippen molar-refractivity contribution < 1.29 is 0 Å².